The molecule has 0 saturated carbocycles. The average molecular weight is 312 g/mol. The summed E-state index contributed by atoms with van der Waals surface area (Å²) in [5.74, 6) is 1.86. The molecule has 1 N–H and O–H groups in total. The van der Waals surface area contributed by atoms with Gasteiger partial charge in [0.2, 0.25) is 0 Å². The molecule has 0 unspecified atom stereocenters. The monoisotopic (exact) mass is 312 g/mol. The fourth-order valence-corrected chi connectivity index (χ4v) is 2.17. The Labute approximate surface area is 132 Å². The third-order valence-corrected chi connectivity index (χ3v) is 3.33. The van der Waals surface area contributed by atoms with Crippen molar-refractivity contribution in [2.75, 3.05) is 12.4 Å². The van der Waals surface area contributed by atoms with E-state index in [1.54, 1.807) is 18.1 Å². The first-order chi connectivity index (χ1) is 11.2. The predicted molar refractivity (Wildman–Crippen MR) is 84.0 cm³/mol. The van der Waals surface area contributed by atoms with E-state index in [1.807, 2.05) is 36.4 Å². The topological polar surface area (TPSA) is 82.2 Å². The Hall–Kier alpha value is -3.09. The van der Waals surface area contributed by atoms with Gasteiger partial charge in [-0.05, 0) is 36.4 Å². The lowest BCUT2D eigenvalue weighted by molar-refractivity contribution is 0.101. The number of methoxy groups -OCH3 is 1. The molecule has 7 nitrogen and oxygen atoms in total. The predicted octanol–water partition coefficient (Wildman–Crippen LogP) is 2.68. The maximum Gasteiger partial charge on any atom is 0.183 e. The molecule has 0 atom stereocenters. The summed E-state index contributed by atoms with van der Waals surface area (Å²) in [5.41, 5.74) is 1.06. The summed E-state index contributed by atoms with van der Waals surface area (Å²) in [6.45, 7) is 1.89. The minimum atomic E-state index is -0.160. The number of rotatable bonds is 6. The SMILES string of the molecule is COc1ccc(-n2nnc(C(C)=O)c2NCc2ccco2)cc1. The fourth-order valence-electron chi connectivity index (χ4n) is 2.17. The van der Waals surface area contributed by atoms with E-state index in [0.717, 1.165) is 17.2 Å². The van der Waals surface area contributed by atoms with Gasteiger partial charge in [-0.15, -0.1) is 5.10 Å². The number of carbonyl (C=O) groups excluding carboxylic acids is 1. The summed E-state index contributed by atoms with van der Waals surface area (Å²) < 4.78 is 12.0. The van der Waals surface area contributed by atoms with Crippen molar-refractivity contribution >= 4 is 11.6 Å². The van der Waals surface area contributed by atoms with Crippen molar-refractivity contribution in [1.82, 2.24) is 15.0 Å². The van der Waals surface area contributed by atoms with Crippen LogP contribution in [-0.4, -0.2) is 27.9 Å². The minimum Gasteiger partial charge on any atom is -0.497 e. The Morgan fingerprint density at radius 3 is 2.70 bits per heavy atom. The van der Waals surface area contributed by atoms with Crippen molar-refractivity contribution in [2.45, 2.75) is 13.5 Å². The molecule has 0 amide bonds. The Morgan fingerprint density at radius 1 is 1.30 bits per heavy atom. The van der Waals surface area contributed by atoms with E-state index in [2.05, 4.69) is 15.6 Å². The van der Waals surface area contributed by atoms with Gasteiger partial charge in [-0.2, -0.15) is 4.68 Å². The first kappa shape index (κ1) is 14.8. The van der Waals surface area contributed by atoms with Crippen molar-refractivity contribution in [1.29, 1.82) is 0 Å². The lowest BCUT2D eigenvalue weighted by Crippen LogP contribution is -2.09. The third-order valence-electron chi connectivity index (χ3n) is 3.33. The number of nitrogens with zero attached hydrogens (tertiary/aromatic N) is 3. The Bertz CT molecular complexity index is 791. The maximum atomic E-state index is 11.8. The zero-order valence-corrected chi connectivity index (χ0v) is 12.8. The van der Waals surface area contributed by atoms with E-state index in [-0.39, 0.29) is 11.5 Å². The number of hydrogen-bond acceptors (Lipinski definition) is 6. The number of hydrogen-bond donors (Lipinski definition) is 1. The van der Waals surface area contributed by atoms with E-state index in [4.69, 9.17) is 9.15 Å². The van der Waals surface area contributed by atoms with Crippen molar-refractivity contribution in [3.8, 4) is 11.4 Å². The first-order valence-corrected chi connectivity index (χ1v) is 7.06. The molecule has 23 heavy (non-hydrogen) atoms. The standard InChI is InChI=1S/C16H16N4O3/c1-11(21)15-16(17-10-14-4-3-9-23-14)20(19-18-15)12-5-7-13(22-2)8-6-12/h3-9,17H,10H2,1-2H3. The first-order valence-electron chi connectivity index (χ1n) is 7.06. The number of furan rings is 1. The van der Waals surface area contributed by atoms with Crippen molar-refractivity contribution < 1.29 is 13.9 Å². The number of anilines is 1. The molecule has 0 spiro atoms. The summed E-state index contributed by atoms with van der Waals surface area (Å²) >= 11 is 0. The number of nitrogens with one attached hydrogen (secondary N) is 1. The summed E-state index contributed by atoms with van der Waals surface area (Å²) in [6, 6.07) is 11.0. The van der Waals surface area contributed by atoms with Crippen LogP contribution < -0.4 is 10.1 Å². The molecule has 0 aliphatic carbocycles. The largest absolute Gasteiger partial charge is 0.497 e. The highest BCUT2D eigenvalue weighted by Gasteiger charge is 2.18. The Balaban J connectivity index is 1.93. The zero-order valence-electron chi connectivity index (χ0n) is 12.8. The number of ether oxygens (including phenoxy) is 1. The van der Waals surface area contributed by atoms with Gasteiger partial charge in [0, 0.05) is 6.92 Å². The summed E-state index contributed by atoms with van der Waals surface area (Å²) in [4.78, 5) is 11.8. The number of ketones is 1. The van der Waals surface area contributed by atoms with Crippen molar-refractivity contribution in [3.63, 3.8) is 0 Å². The summed E-state index contributed by atoms with van der Waals surface area (Å²) in [7, 11) is 1.61. The molecular formula is C16H16N4O3. The van der Waals surface area contributed by atoms with Crippen LogP contribution in [0.25, 0.3) is 5.69 Å². The van der Waals surface area contributed by atoms with Crippen LogP contribution in [0, 0.1) is 0 Å². The Morgan fingerprint density at radius 2 is 2.09 bits per heavy atom. The van der Waals surface area contributed by atoms with E-state index in [9.17, 15) is 4.79 Å². The second kappa shape index (κ2) is 6.35. The number of benzene rings is 1. The number of carbonyl (C=O) groups is 1. The van der Waals surface area contributed by atoms with E-state index < -0.39 is 0 Å². The van der Waals surface area contributed by atoms with Gasteiger partial charge >= 0.3 is 0 Å². The molecule has 0 radical (unpaired) electrons. The molecule has 0 aliphatic rings. The summed E-state index contributed by atoms with van der Waals surface area (Å²) in [5, 5.41) is 11.2. The van der Waals surface area contributed by atoms with Crippen LogP contribution in [0.3, 0.4) is 0 Å². The minimum absolute atomic E-state index is 0.160. The second-order valence-electron chi connectivity index (χ2n) is 4.89. The zero-order chi connectivity index (χ0) is 16.2. The highest BCUT2D eigenvalue weighted by atomic mass is 16.5. The molecule has 0 bridgehead atoms. The van der Waals surface area contributed by atoms with Gasteiger partial charge in [0.15, 0.2) is 17.3 Å². The molecule has 1 aromatic carbocycles. The number of Topliss-reactive ketones (excluding diaryl/α,β-unsaturated/α-hetero) is 1. The van der Waals surface area contributed by atoms with E-state index in [1.165, 1.54) is 6.92 Å². The highest BCUT2D eigenvalue weighted by molar-refractivity contribution is 5.96. The molecule has 0 aliphatic heterocycles. The molecule has 0 fully saturated rings. The van der Waals surface area contributed by atoms with Gasteiger partial charge in [0.25, 0.3) is 0 Å². The van der Waals surface area contributed by atoms with Crippen LogP contribution in [-0.2, 0) is 6.54 Å². The third kappa shape index (κ3) is 3.08. The molecule has 2 aromatic heterocycles. The van der Waals surface area contributed by atoms with Crippen LogP contribution in [0.15, 0.2) is 47.1 Å². The van der Waals surface area contributed by atoms with Gasteiger partial charge in [0.1, 0.15) is 11.5 Å². The molecule has 3 aromatic rings. The van der Waals surface area contributed by atoms with Crippen LogP contribution in [0.4, 0.5) is 5.82 Å². The number of aromatic nitrogens is 3. The fraction of sp³-hybridized carbons (Fsp3) is 0.188. The van der Waals surface area contributed by atoms with Crippen LogP contribution in [0.2, 0.25) is 0 Å². The molecular weight excluding hydrogens is 296 g/mol. The molecule has 7 heteroatoms. The van der Waals surface area contributed by atoms with Crippen LogP contribution >= 0.6 is 0 Å². The average Bonchev–Trinajstić information content (AvgIpc) is 3.22. The molecule has 0 saturated heterocycles. The molecule has 2 heterocycles. The van der Waals surface area contributed by atoms with Gasteiger partial charge in [-0.1, -0.05) is 5.21 Å². The highest BCUT2D eigenvalue weighted by Crippen LogP contribution is 2.21. The van der Waals surface area contributed by atoms with E-state index in [0.29, 0.717) is 12.4 Å². The smallest absolute Gasteiger partial charge is 0.183 e. The van der Waals surface area contributed by atoms with Crippen molar-refractivity contribution in [2.24, 2.45) is 0 Å². The van der Waals surface area contributed by atoms with Gasteiger partial charge < -0.3 is 14.5 Å². The van der Waals surface area contributed by atoms with Crippen molar-refractivity contribution in [3.05, 3.63) is 54.1 Å². The Kier molecular flexibility index (Phi) is 4.09. The molecule has 3 rings (SSSR count). The molecule has 118 valence electrons. The van der Waals surface area contributed by atoms with Crippen LogP contribution in [0.5, 0.6) is 5.75 Å². The van der Waals surface area contributed by atoms with Gasteiger partial charge in [0.05, 0.1) is 25.6 Å². The normalized spacial score (nSPS) is 10.5. The van der Waals surface area contributed by atoms with Crippen LogP contribution in [0.1, 0.15) is 23.2 Å². The van der Waals surface area contributed by atoms with Gasteiger partial charge in [-0.25, -0.2) is 0 Å². The quantitative estimate of drug-likeness (QED) is 0.705. The van der Waals surface area contributed by atoms with E-state index >= 15 is 0 Å². The lowest BCUT2D eigenvalue weighted by atomic mass is 10.2. The maximum absolute atomic E-state index is 11.8. The second-order valence-corrected chi connectivity index (χ2v) is 4.89. The summed E-state index contributed by atoms with van der Waals surface area (Å²) in [6.07, 6.45) is 1.60. The van der Waals surface area contributed by atoms with Gasteiger partial charge in [-0.3, -0.25) is 4.79 Å². The lowest BCUT2D eigenvalue weighted by Gasteiger charge is -2.09.